The zero-order chi connectivity index (χ0) is 16.8. The fourth-order valence-electron chi connectivity index (χ4n) is 2.12. The Morgan fingerprint density at radius 1 is 1.26 bits per heavy atom. The Morgan fingerprint density at radius 2 is 2.00 bits per heavy atom. The molecule has 0 radical (unpaired) electrons. The van der Waals surface area contributed by atoms with Crippen LogP contribution in [-0.4, -0.2) is 43.4 Å². The topological polar surface area (TPSA) is 114 Å². The fourth-order valence-corrected chi connectivity index (χ4v) is 2.12. The average molecular weight is 319 g/mol. The van der Waals surface area contributed by atoms with E-state index in [1.54, 1.807) is 24.3 Å². The highest BCUT2D eigenvalue weighted by Crippen LogP contribution is 2.18. The molecular weight excluding hydrogens is 302 g/mol. The van der Waals surface area contributed by atoms with Crippen molar-refractivity contribution in [3.63, 3.8) is 0 Å². The van der Waals surface area contributed by atoms with Gasteiger partial charge in [-0.05, 0) is 12.1 Å². The average Bonchev–Trinajstić information content (AvgIpc) is 2.64. The lowest BCUT2D eigenvalue weighted by atomic mass is 10.1. The number of para-hydroxylation sites is 1. The van der Waals surface area contributed by atoms with Gasteiger partial charge in [0.1, 0.15) is 6.04 Å². The van der Waals surface area contributed by atoms with Crippen molar-refractivity contribution in [1.82, 2.24) is 10.6 Å². The van der Waals surface area contributed by atoms with E-state index in [9.17, 15) is 19.2 Å². The summed E-state index contributed by atoms with van der Waals surface area (Å²) in [7, 11) is 1.26. The first-order valence-corrected chi connectivity index (χ1v) is 7.05. The van der Waals surface area contributed by atoms with Crippen LogP contribution >= 0.6 is 0 Å². The molecule has 0 saturated heterocycles. The number of esters is 1. The van der Waals surface area contributed by atoms with Gasteiger partial charge in [-0.3, -0.25) is 19.2 Å². The predicted octanol–water partition coefficient (Wildman–Crippen LogP) is -0.193. The molecule has 0 aromatic heterocycles. The monoisotopic (exact) mass is 319 g/mol. The highest BCUT2D eigenvalue weighted by molar-refractivity contribution is 6.10. The van der Waals surface area contributed by atoms with E-state index in [0.717, 1.165) is 0 Å². The van der Waals surface area contributed by atoms with Crippen molar-refractivity contribution in [3.05, 3.63) is 29.8 Å². The third-order valence-corrected chi connectivity index (χ3v) is 3.32. The molecule has 1 aromatic rings. The van der Waals surface area contributed by atoms with E-state index in [1.165, 1.54) is 7.11 Å². The zero-order valence-electron chi connectivity index (χ0n) is 12.5. The fraction of sp³-hybridized carbons (Fsp3) is 0.333. The first-order valence-electron chi connectivity index (χ1n) is 7.05. The standard InChI is InChI=1S/C15H17N3O5/c1-23-13(20)6-7-16-12(19)8-11-15(22)17-10-5-3-2-4-9(10)14(21)18-11/h2-5,11H,6-8H2,1H3,(H,16,19)(H,17,22)(H,18,21)/t11-/m0/s1. The quantitative estimate of drug-likeness (QED) is 0.651. The van der Waals surface area contributed by atoms with Crippen molar-refractivity contribution in [3.8, 4) is 0 Å². The van der Waals surface area contributed by atoms with Crippen molar-refractivity contribution in [1.29, 1.82) is 0 Å². The molecule has 1 aromatic carbocycles. The first kappa shape index (κ1) is 16.5. The second kappa shape index (κ2) is 7.39. The van der Waals surface area contributed by atoms with Crippen LogP contribution in [0.1, 0.15) is 23.2 Å². The Kier molecular flexibility index (Phi) is 5.29. The lowest BCUT2D eigenvalue weighted by Crippen LogP contribution is -2.44. The largest absolute Gasteiger partial charge is 0.469 e. The van der Waals surface area contributed by atoms with Gasteiger partial charge in [0, 0.05) is 6.54 Å². The summed E-state index contributed by atoms with van der Waals surface area (Å²) in [5.41, 5.74) is 0.748. The third kappa shape index (κ3) is 4.29. The molecule has 1 aliphatic rings. The van der Waals surface area contributed by atoms with E-state index < -0.39 is 29.7 Å². The molecule has 0 saturated carbocycles. The Morgan fingerprint density at radius 3 is 2.74 bits per heavy atom. The van der Waals surface area contributed by atoms with Crippen molar-refractivity contribution in [2.24, 2.45) is 0 Å². The Balaban J connectivity index is 1.94. The molecule has 0 aliphatic carbocycles. The summed E-state index contributed by atoms with van der Waals surface area (Å²) in [6.07, 6.45) is -0.177. The summed E-state index contributed by atoms with van der Waals surface area (Å²) in [5, 5.41) is 7.64. The number of hydrogen-bond acceptors (Lipinski definition) is 5. The number of nitrogens with one attached hydrogen (secondary N) is 3. The molecule has 1 atom stereocenters. The number of hydrogen-bond donors (Lipinski definition) is 3. The van der Waals surface area contributed by atoms with Gasteiger partial charge in [-0.15, -0.1) is 0 Å². The predicted molar refractivity (Wildman–Crippen MR) is 80.6 cm³/mol. The van der Waals surface area contributed by atoms with Crippen LogP contribution in [0.3, 0.4) is 0 Å². The number of rotatable bonds is 5. The lowest BCUT2D eigenvalue weighted by Gasteiger charge is -2.14. The minimum atomic E-state index is -0.979. The third-order valence-electron chi connectivity index (χ3n) is 3.32. The highest BCUT2D eigenvalue weighted by Gasteiger charge is 2.29. The summed E-state index contributed by atoms with van der Waals surface area (Å²) in [4.78, 5) is 47.0. The van der Waals surface area contributed by atoms with E-state index in [-0.39, 0.29) is 19.4 Å². The van der Waals surface area contributed by atoms with Gasteiger partial charge in [-0.25, -0.2) is 0 Å². The molecule has 8 heteroatoms. The Labute approximate surface area is 132 Å². The molecule has 0 bridgehead atoms. The molecule has 23 heavy (non-hydrogen) atoms. The maximum atomic E-state index is 12.1. The number of methoxy groups -OCH3 is 1. The van der Waals surface area contributed by atoms with Crippen LogP contribution in [-0.2, 0) is 19.1 Å². The van der Waals surface area contributed by atoms with Crippen LogP contribution < -0.4 is 16.0 Å². The normalized spacial score (nSPS) is 16.5. The van der Waals surface area contributed by atoms with Crippen LogP contribution in [0, 0.1) is 0 Å². The van der Waals surface area contributed by atoms with E-state index in [2.05, 4.69) is 20.7 Å². The summed E-state index contributed by atoms with van der Waals surface area (Å²) in [6.45, 7) is 0.105. The number of carbonyl (C=O) groups is 4. The molecule has 3 N–H and O–H groups in total. The zero-order valence-corrected chi connectivity index (χ0v) is 12.5. The van der Waals surface area contributed by atoms with Crippen LogP contribution in [0.15, 0.2) is 24.3 Å². The minimum Gasteiger partial charge on any atom is -0.469 e. The van der Waals surface area contributed by atoms with E-state index in [0.29, 0.717) is 11.3 Å². The van der Waals surface area contributed by atoms with Gasteiger partial charge in [0.15, 0.2) is 0 Å². The van der Waals surface area contributed by atoms with Crippen LogP contribution in [0.25, 0.3) is 0 Å². The van der Waals surface area contributed by atoms with Gasteiger partial charge in [0.25, 0.3) is 5.91 Å². The molecule has 3 amide bonds. The molecule has 0 fully saturated rings. The molecule has 1 heterocycles. The first-order chi connectivity index (χ1) is 11.0. The van der Waals surface area contributed by atoms with Gasteiger partial charge in [-0.2, -0.15) is 0 Å². The van der Waals surface area contributed by atoms with Gasteiger partial charge < -0.3 is 20.7 Å². The van der Waals surface area contributed by atoms with Crippen LogP contribution in [0.5, 0.6) is 0 Å². The SMILES string of the molecule is COC(=O)CCNC(=O)C[C@@H]1NC(=O)c2ccccc2NC1=O. The maximum absolute atomic E-state index is 12.1. The highest BCUT2D eigenvalue weighted by atomic mass is 16.5. The van der Waals surface area contributed by atoms with E-state index in [1.807, 2.05) is 0 Å². The number of anilines is 1. The molecular formula is C15H17N3O5. The second-order valence-electron chi connectivity index (χ2n) is 4.94. The molecule has 1 aliphatic heterocycles. The number of fused-ring (bicyclic) bond motifs is 1. The van der Waals surface area contributed by atoms with Gasteiger partial charge >= 0.3 is 5.97 Å². The van der Waals surface area contributed by atoms with Crippen molar-refractivity contribution >= 4 is 29.4 Å². The lowest BCUT2D eigenvalue weighted by molar-refractivity contribution is -0.140. The van der Waals surface area contributed by atoms with E-state index >= 15 is 0 Å². The number of carbonyl (C=O) groups excluding carboxylic acids is 4. The summed E-state index contributed by atoms with van der Waals surface area (Å²) in [6, 6.07) is 5.61. The molecule has 2 rings (SSSR count). The molecule has 0 spiro atoms. The Hall–Kier alpha value is -2.90. The van der Waals surface area contributed by atoms with Crippen LogP contribution in [0.2, 0.25) is 0 Å². The smallest absolute Gasteiger partial charge is 0.307 e. The number of amides is 3. The number of ether oxygens (including phenoxy) is 1. The minimum absolute atomic E-state index is 0.0386. The molecule has 8 nitrogen and oxygen atoms in total. The van der Waals surface area contributed by atoms with Gasteiger partial charge in [0.05, 0.1) is 31.2 Å². The second-order valence-corrected chi connectivity index (χ2v) is 4.94. The number of benzene rings is 1. The molecule has 0 unspecified atom stereocenters. The summed E-state index contributed by atoms with van der Waals surface area (Å²) >= 11 is 0. The van der Waals surface area contributed by atoms with Gasteiger partial charge in [0.2, 0.25) is 11.8 Å². The summed E-state index contributed by atoms with van der Waals surface area (Å²) < 4.78 is 4.45. The van der Waals surface area contributed by atoms with Crippen LogP contribution in [0.4, 0.5) is 5.69 Å². The summed E-state index contributed by atoms with van der Waals surface area (Å²) in [5.74, 6) is -1.78. The van der Waals surface area contributed by atoms with Crippen molar-refractivity contribution in [2.45, 2.75) is 18.9 Å². The molecule has 122 valence electrons. The van der Waals surface area contributed by atoms with Gasteiger partial charge in [-0.1, -0.05) is 12.1 Å². The van der Waals surface area contributed by atoms with Crippen molar-refractivity contribution < 1.29 is 23.9 Å². The maximum Gasteiger partial charge on any atom is 0.307 e. The Bertz CT molecular complexity index is 644. The van der Waals surface area contributed by atoms with Crippen molar-refractivity contribution in [2.75, 3.05) is 19.0 Å². The van der Waals surface area contributed by atoms with E-state index in [4.69, 9.17) is 0 Å².